The molecule has 0 bridgehead atoms. The van der Waals surface area contributed by atoms with Gasteiger partial charge in [-0.3, -0.25) is 4.98 Å². The monoisotopic (exact) mass is 399 g/mol. The van der Waals surface area contributed by atoms with Crippen LogP contribution in [-0.4, -0.2) is 19.9 Å². The zero-order chi connectivity index (χ0) is 20.5. The highest BCUT2D eigenvalue weighted by atomic mass is 19.2. The molecule has 5 rings (SSSR count). The number of aromatic nitrogens is 4. The lowest BCUT2D eigenvalue weighted by Gasteiger charge is -2.08. The fraction of sp³-hybridized carbons (Fsp3) is 0. The molecule has 30 heavy (non-hydrogen) atoms. The Balaban J connectivity index is 1.40. The Hall–Kier alpha value is -4.13. The first-order valence-electron chi connectivity index (χ1n) is 9.25. The number of anilines is 2. The maximum atomic E-state index is 13.5. The second kappa shape index (κ2) is 7.36. The van der Waals surface area contributed by atoms with Crippen LogP contribution in [0.25, 0.3) is 33.7 Å². The first kappa shape index (κ1) is 17.9. The van der Waals surface area contributed by atoms with E-state index < -0.39 is 11.6 Å². The van der Waals surface area contributed by atoms with E-state index in [4.69, 9.17) is 0 Å². The topological polar surface area (TPSA) is 66.5 Å². The summed E-state index contributed by atoms with van der Waals surface area (Å²) in [6.07, 6.45) is 3.50. The van der Waals surface area contributed by atoms with Gasteiger partial charge in [-0.25, -0.2) is 18.7 Å². The highest BCUT2D eigenvalue weighted by molar-refractivity contribution is 5.80. The van der Waals surface area contributed by atoms with E-state index in [2.05, 4.69) is 25.3 Å². The van der Waals surface area contributed by atoms with Gasteiger partial charge >= 0.3 is 0 Å². The summed E-state index contributed by atoms with van der Waals surface area (Å²) in [6, 6.07) is 19.3. The quantitative estimate of drug-likeness (QED) is 0.406. The predicted octanol–water partition coefficient (Wildman–Crippen LogP) is 5.71. The van der Waals surface area contributed by atoms with Gasteiger partial charge < -0.3 is 10.3 Å². The Bertz CT molecular complexity index is 1290. The standard InChI is InChI=1S/C23H15F2N5/c24-17-11-20-21(12-18(17)25)30-23(29-20)14-4-3-5-16(10-14)28-22-8-7-15(13-27-22)19-6-1-2-9-26-19/h1-13H,(H,27,28)(H,29,30). The van der Waals surface area contributed by atoms with E-state index in [1.54, 1.807) is 12.4 Å². The molecule has 0 atom stereocenters. The summed E-state index contributed by atoms with van der Waals surface area (Å²) in [7, 11) is 0. The number of nitrogens with zero attached hydrogens (tertiary/aromatic N) is 3. The van der Waals surface area contributed by atoms with Crippen molar-refractivity contribution in [3.05, 3.63) is 90.8 Å². The minimum Gasteiger partial charge on any atom is -0.340 e. The summed E-state index contributed by atoms with van der Waals surface area (Å²) in [6.45, 7) is 0. The van der Waals surface area contributed by atoms with Crippen molar-refractivity contribution in [1.29, 1.82) is 0 Å². The molecule has 0 spiro atoms. The summed E-state index contributed by atoms with van der Waals surface area (Å²) in [4.78, 5) is 16.2. The van der Waals surface area contributed by atoms with Gasteiger partial charge in [-0.1, -0.05) is 18.2 Å². The Morgan fingerprint density at radius 3 is 2.50 bits per heavy atom. The number of fused-ring (bicyclic) bond motifs is 1. The highest BCUT2D eigenvalue weighted by Gasteiger charge is 2.10. The third kappa shape index (κ3) is 3.48. The molecule has 146 valence electrons. The zero-order valence-corrected chi connectivity index (χ0v) is 15.6. The van der Waals surface area contributed by atoms with E-state index in [0.29, 0.717) is 22.7 Å². The molecule has 7 heteroatoms. The molecule has 0 aliphatic carbocycles. The second-order valence-electron chi connectivity index (χ2n) is 6.72. The van der Waals surface area contributed by atoms with Crippen LogP contribution < -0.4 is 5.32 Å². The first-order valence-corrected chi connectivity index (χ1v) is 9.25. The van der Waals surface area contributed by atoms with Gasteiger partial charge in [-0.15, -0.1) is 0 Å². The van der Waals surface area contributed by atoms with Crippen LogP contribution in [0.15, 0.2) is 79.1 Å². The van der Waals surface area contributed by atoms with Crippen molar-refractivity contribution in [2.24, 2.45) is 0 Å². The minimum atomic E-state index is -0.920. The summed E-state index contributed by atoms with van der Waals surface area (Å²) in [5, 5.41) is 3.25. The third-order valence-corrected chi connectivity index (χ3v) is 4.66. The number of H-pyrrole nitrogens is 1. The Morgan fingerprint density at radius 1 is 0.800 bits per heavy atom. The molecule has 3 aromatic heterocycles. The van der Waals surface area contributed by atoms with E-state index in [1.165, 1.54) is 0 Å². The summed E-state index contributed by atoms with van der Waals surface area (Å²) < 4.78 is 26.9. The van der Waals surface area contributed by atoms with Crippen molar-refractivity contribution in [2.45, 2.75) is 0 Å². The van der Waals surface area contributed by atoms with Crippen LogP contribution in [0.5, 0.6) is 0 Å². The molecule has 0 saturated heterocycles. The van der Waals surface area contributed by atoms with Gasteiger partial charge in [-0.05, 0) is 36.4 Å². The molecule has 0 aliphatic rings. The lowest BCUT2D eigenvalue weighted by molar-refractivity contribution is 0.510. The number of pyridine rings is 2. The molecule has 0 amide bonds. The highest BCUT2D eigenvalue weighted by Crippen LogP contribution is 2.26. The maximum Gasteiger partial charge on any atom is 0.161 e. The van der Waals surface area contributed by atoms with Crippen LogP contribution in [0.4, 0.5) is 20.3 Å². The van der Waals surface area contributed by atoms with E-state index in [-0.39, 0.29) is 0 Å². The largest absolute Gasteiger partial charge is 0.340 e. The van der Waals surface area contributed by atoms with Crippen molar-refractivity contribution in [2.75, 3.05) is 5.32 Å². The van der Waals surface area contributed by atoms with E-state index in [0.717, 1.165) is 34.6 Å². The molecular weight excluding hydrogens is 384 g/mol. The van der Waals surface area contributed by atoms with Gasteiger partial charge in [0.15, 0.2) is 11.6 Å². The van der Waals surface area contributed by atoms with E-state index in [1.807, 2.05) is 54.6 Å². The molecule has 0 unspecified atom stereocenters. The van der Waals surface area contributed by atoms with Gasteiger partial charge in [0.2, 0.25) is 0 Å². The van der Waals surface area contributed by atoms with Crippen LogP contribution in [0, 0.1) is 11.6 Å². The Kier molecular flexibility index (Phi) is 4.40. The molecule has 0 radical (unpaired) electrons. The molecule has 5 aromatic rings. The second-order valence-corrected chi connectivity index (χ2v) is 6.72. The molecule has 2 N–H and O–H groups in total. The predicted molar refractivity (Wildman–Crippen MR) is 112 cm³/mol. The molecule has 5 nitrogen and oxygen atoms in total. The molecule has 0 saturated carbocycles. The van der Waals surface area contributed by atoms with Crippen LogP contribution >= 0.6 is 0 Å². The Labute approximate surface area is 170 Å². The lowest BCUT2D eigenvalue weighted by atomic mass is 10.2. The average molecular weight is 399 g/mol. The van der Waals surface area contributed by atoms with Gasteiger partial charge in [-0.2, -0.15) is 0 Å². The molecule has 3 heterocycles. The lowest BCUT2D eigenvalue weighted by Crippen LogP contribution is -1.94. The zero-order valence-electron chi connectivity index (χ0n) is 15.6. The SMILES string of the molecule is Fc1cc2nc(-c3cccc(Nc4ccc(-c5ccccn5)cn4)c3)[nH]c2cc1F. The number of imidazole rings is 1. The number of hydrogen-bond donors (Lipinski definition) is 2. The number of hydrogen-bond acceptors (Lipinski definition) is 4. The van der Waals surface area contributed by atoms with E-state index in [9.17, 15) is 8.78 Å². The number of benzene rings is 2. The summed E-state index contributed by atoms with van der Waals surface area (Å²) >= 11 is 0. The molecule has 0 aliphatic heterocycles. The number of rotatable bonds is 4. The number of aromatic amines is 1. The van der Waals surface area contributed by atoms with Gasteiger partial charge in [0.1, 0.15) is 11.6 Å². The fourth-order valence-electron chi connectivity index (χ4n) is 3.19. The van der Waals surface area contributed by atoms with Gasteiger partial charge in [0.25, 0.3) is 0 Å². The molecular formula is C23H15F2N5. The minimum absolute atomic E-state index is 0.369. The number of nitrogens with one attached hydrogen (secondary N) is 2. The normalized spacial score (nSPS) is 11.0. The van der Waals surface area contributed by atoms with Crippen LogP contribution in [0.1, 0.15) is 0 Å². The Morgan fingerprint density at radius 2 is 1.70 bits per heavy atom. The maximum absolute atomic E-state index is 13.5. The molecule has 0 fully saturated rings. The van der Waals surface area contributed by atoms with Crippen molar-refractivity contribution >= 4 is 22.5 Å². The molecule has 2 aromatic carbocycles. The van der Waals surface area contributed by atoms with Crippen molar-refractivity contribution in [3.63, 3.8) is 0 Å². The smallest absolute Gasteiger partial charge is 0.161 e. The van der Waals surface area contributed by atoms with Crippen molar-refractivity contribution in [1.82, 2.24) is 19.9 Å². The number of halogens is 2. The fourth-order valence-corrected chi connectivity index (χ4v) is 3.19. The third-order valence-electron chi connectivity index (χ3n) is 4.66. The summed E-state index contributed by atoms with van der Waals surface area (Å²) in [5.41, 5.74) is 4.18. The first-order chi connectivity index (χ1) is 14.7. The van der Waals surface area contributed by atoms with Crippen molar-refractivity contribution < 1.29 is 8.78 Å². The van der Waals surface area contributed by atoms with Gasteiger partial charge in [0, 0.05) is 41.3 Å². The van der Waals surface area contributed by atoms with Crippen molar-refractivity contribution in [3.8, 4) is 22.6 Å². The van der Waals surface area contributed by atoms with Crippen LogP contribution in [0.2, 0.25) is 0 Å². The summed E-state index contributed by atoms with van der Waals surface area (Å²) in [5.74, 6) is -0.623. The van der Waals surface area contributed by atoms with Crippen LogP contribution in [-0.2, 0) is 0 Å². The van der Waals surface area contributed by atoms with Crippen LogP contribution in [0.3, 0.4) is 0 Å². The van der Waals surface area contributed by atoms with E-state index >= 15 is 0 Å². The van der Waals surface area contributed by atoms with Gasteiger partial charge in [0.05, 0.1) is 16.7 Å². The average Bonchev–Trinajstić information content (AvgIpc) is 3.18.